The fourth-order valence-electron chi connectivity index (χ4n) is 2.19. The smallest absolute Gasteiger partial charge is 0.412 e. The number of nitrogens with one attached hydrogen (secondary N) is 1. The van der Waals surface area contributed by atoms with Crippen molar-refractivity contribution >= 4 is 6.09 Å². The molecule has 0 spiro atoms. The van der Waals surface area contributed by atoms with Crippen LogP contribution < -0.4 is 14.8 Å². The molecule has 1 saturated carbocycles. The summed E-state index contributed by atoms with van der Waals surface area (Å²) in [5.41, 5.74) is 0. The molecule has 1 aromatic carbocycles. The van der Waals surface area contributed by atoms with Crippen LogP contribution in [0.15, 0.2) is 24.3 Å². The molecular formula is C14H19NO3. The highest BCUT2D eigenvalue weighted by molar-refractivity contribution is 5.70. The summed E-state index contributed by atoms with van der Waals surface area (Å²) in [6, 6.07) is 7.25. The molecule has 0 unspecified atom stereocenters. The van der Waals surface area contributed by atoms with Gasteiger partial charge in [-0.05, 0) is 37.1 Å². The second-order valence-corrected chi connectivity index (χ2v) is 4.54. The van der Waals surface area contributed by atoms with Gasteiger partial charge in [-0.2, -0.15) is 0 Å². The largest absolute Gasteiger partial charge is 0.497 e. The highest BCUT2D eigenvalue weighted by atomic mass is 16.6. The minimum Gasteiger partial charge on any atom is -0.497 e. The van der Waals surface area contributed by atoms with Crippen LogP contribution in [-0.4, -0.2) is 19.2 Å². The molecule has 1 amide bonds. The van der Waals surface area contributed by atoms with E-state index in [0.717, 1.165) is 18.6 Å². The van der Waals surface area contributed by atoms with E-state index in [2.05, 4.69) is 5.32 Å². The van der Waals surface area contributed by atoms with E-state index in [9.17, 15) is 4.79 Å². The average Bonchev–Trinajstić information content (AvgIpc) is 2.40. The molecule has 1 fully saturated rings. The molecule has 0 bridgehead atoms. The van der Waals surface area contributed by atoms with E-state index in [-0.39, 0.29) is 12.1 Å². The third-order valence-corrected chi connectivity index (χ3v) is 3.20. The predicted molar refractivity (Wildman–Crippen MR) is 69.0 cm³/mol. The first kappa shape index (κ1) is 12.7. The van der Waals surface area contributed by atoms with Gasteiger partial charge < -0.3 is 14.8 Å². The van der Waals surface area contributed by atoms with Gasteiger partial charge in [0.15, 0.2) is 0 Å². The lowest BCUT2D eigenvalue weighted by Gasteiger charge is -2.22. The lowest BCUT2D eigenvalue weighted by Crippen LogP contribution is -2.37. The van der Waals surface area contributed by atoms with Crippen molar-refractivity contribution in [2.24, 2.45) is 0 Å². The Hall–Kier alpha value is -1.71. The maximum Gasteiger partial charge on any atom is 0.412 e. The van der Waals surface area contributed by atoms with Crippen LogP contribution in [0.25, 0.3) is 0 Å². The molecule has 0 saturated heterocycles. The summed E-state index contributed by atoms with van der Waals surface area (Å²) in [7, 11) is 1.60. The van der Waals surface area contributed by atoms with E-state index in [0.29, 0.717) is 5.75 Å². The standard InChI is InChI=1S/C14H19NO3/c1-17-12-7-9-13(10-8-12)18-14(16)15-11-5-3-2-4-6-11/h7-11H,2-6H2,1H3,(H,15,16). The molecule has 2 rings (SSSR count). The Labute approximate surface area is 107 Å². The molecule has 1 aromatic rings. The van der Waals surface area contributed by atoms with Gasteiger partial charge in [0.25, 0.3) is 0 Å². The zero-order valence-electron chi connectivity index (χ0n) is 10.6. The van der Waals surface area contributed by atoms with E-state index in [1.54, 1.807) is 31.4 Å². The number of hydrogen-bond acceptors (Lipinski definition) is 3. The van der Waals surface area contributed by atoms with Crippen LogP contribution in [0.2, 0.25) is 0 Å². The van der Waals surface area contributed by atoms with Crippen LogP contribution in [0.5, 0.6) is 11.5 Å². The summed E-state index contributed by atoms with van der Waals surface area (Å²) in [5, 5.41) is 2.90. The molecule has 4 heteroatoms. The molecule has 0 heterocycles. The number of rotatable bonds is 3. The van der Waals surface area contributed by atoms with Crippen LogP contribution in [0.1, 0.15) is 32.1 Å². The van der Waals surface area contributed by atoms with Gasteiger partial charge in [0.2, 0.25) is 0 Å². The molecule has 1 aliphatic carbocycles. The SMILES string of the molecule is COc1ccc(OC(=O)NC2CCCCC2)cc1. The van der Waals surface area contributed by atoms with Gasteiger partial charge >= 0.3 is 6.09 Å². The van der Waals surface area contributed by atoms with Gasteiger partial charge in [0.05, 0.1) is 7.11 Å². The van der Waals surface area contributed by atoms with Crippen LogP contribution in [0, 0.1) is 0 Å². The van der Waals surface area contributed by atoms with Crippen molar-refractivity contribution < 1.29 is 14.3 Å². The molecule has 98 valence electrons. The number of ether oxygens (including phenoxy) is 2. The summed E-state index contributed by atoms with van der Waals surface area (Å²) in [6.07, 6.45) is 5.38. The van der Waals surface area contributed by atoms with E-state index < -0.39 is 0 Å². The molecule has 0 aliphatic heterocycles. The zero-order valence-corrected chi connectivity index (χ0v) is 10.6. The third-order valence-electron chi connectivity index (χ3n) is 3.20. The summed E-state index contributed by atoms with van der Waals surface area (Å²) in [5.74, 6) is 1.28. The topological polar surface area (TPSA) is 47.6 Å². The maximum atomic E-state index is 11.7. The number of hydrogen-bond donors (Lipinski definition) is 1. The Kier molecular flexibility index (Phi) is 4.45. The van der Waals surface area contributed by atoms with Gasteiger partial charge in [-0.15, -0.1) is 0 Å². The Bertz CT molecular complexity index is 383. The minimum atomic E-state index is -0.368. The average molecular weight is 249 g/mol. The number of methoxy groups -OCH3 is 1. The van der Waals surface area contributed by atoms with E-state index >= 15 is 0 Å². The van der Waals surface area contributed by atoms with Crippen LogP contribution in [-0.2, 0) is 0 Å². The van der Waals surface area contributed by atoms with Crippen LogP contribution >= 0.6 is 0 Å². The Morgan fingerprint density at radius 2 is 1.72 bits per heavy atom. The second-order valence-electron chi connectivity index (χ2n) is 4.54. The third kappa shape index (κ3) is 3.65. The van der Waals surface area contributed by atoms with E-state index in [1.807, 2.05) is 0 Å². The molecule has 1 N–H and O–H groups in total. The van der Waals surface area contributed by atoms with Gasteiger partial charge in [-0.1, -0.05) is 19.3 Å². The van der Waals surface area contributed by atoms with Crippen molar-refractivity contribution in [2.45, 2.75) is 38.1 Å². The summed E-state index contributed by atoms with van der Waals surface area (Å²) in [4.78, 5) is 11.7. The number of benzene rings is 1. The fourth-order valence-corrected chi connectivity index (χ4v) is 2.19. The Morgan fingerprint density at radius 1 is 1.11 bits per heavy atom. The Morgan fingerprint density at radius 3 is 2.33 bits per heavy atom. The number of carbonyl (C=O) groups excluding carboxylic acids is 1. The molecule has 18 heavy (non-hydrogen) atoms. The summed E-state index contributed by atoms with van der Waals surface area (Å²) < 4.78 is 10.3. The van der Waals surface area contributed by atoms with Crippen molar-refractivity contribution in [1.29, 1.82) is 0 Å². The first-order valence-electron chi connectivity index (χ1n) is 6.40. The van der Waals surface area contributed by atoms with E-state index in [4.69, 9.17) is 9.47 Å². The molecular weight excluding hydrogens is 230 g/mol. The van der Waals surface area contributed by atoms with Gasteiger partial charge in [0.1, 0.15) is 11.5 Å². The quantitative estimate of drug-likeness (QED) is 0.895. The Balaban J connectivity index is 1.82. The lowest BCUT2D eigenvalue weighted by molar-refractivity contribution is 0.192. The molecule has 0 radical (unpaired) electrons. The monoisotopic (exact) mass is 249 g/mol. The summed E-state index contributed by atoms with van der Waals surface area (Å²) >= 11 is 0. The molecule has 4 nitrogen and oxygen atoms in total. The summed E-state index contributed by atoms with van der Waals surface area (Å²) in [6.45, 7) is 0. The van der Waals surface area contributed by atoms with Crippen molar-refractivity contribution in [3.8, 4) is 11.5 Å². The van der Waals surface area contributed by atoms with Crippen molar-refractivity contribution in [2.75, 3.05) is 7.11 Å². The lowest BCUT2D eigenvalue weighted by atomic mass is 9.96. The maximum absolute atomic E-state index is 11.7. The fraction of sp³-hybridized carbons (Fsp3) is 0.500. The number of amides is 1. The van der Waals surface area contributed by atoms with E-state index in [1.165, 1.54) is 19.3 Å². The van der Waals surface area contributed by atoms with Gasteiger partial charge in [-0.3, -0.25) is 0 Å². The van der Waals surface area contributed by atoms with Crippen LogP contribution in [0.3, 0.4) is 0 Å². The zero-order chi connectivity index (χ0) is 12.8. The van der Waals surface area contributed by atoms with Crippen LogP contribution in [0.4, 0.5) is 4.79 Å². The number of carbonyl (C=O) groups is 1. The molecule has 0 atom stereocenters. The minimum absolute atomic E-state index is 0.268. The van der Waals surface area contributed by atoms with Crippen molar-refractivity contribution in [3.63, 3.8) is 0 Å². The van der Waals surface area contributed by atoms with Crippen molar-refractivity contribution in [3.05, 3.63) is 24.3 Å². The molecule has 1 aliphatic rings. The predicted octanol–water partition coefficient (Wildman–Crippen LogP) is 3.12. The first-order valence-corrected chi connectivity index (χ1v) is 6.40. The highest BCUT2D eigenvalue weighted by Crippen LogP contribution is 2.19. The first-order chi connectivity index (χ1) is 8.78. The molecule has 0 aromatic heterocycles. The van der Waals surface area contributed by atoms with Gasteiger partial charge in [0, 0.05) is 6.04 Å². The van der Waals surface area contributed by atoms with Crippen molar-refractivity contribution in [1.82, 2.24) is 5.32 Å². The normalized spacial score (nSPS) is 16.1. The van der Waals surface area contributed by atoms with Gasteiger partial charge in [-0.25, -0.2) is 4.79 Å². The highest BCUT2D eigenvalue weighted by Gasteiger charge is 2.16. The second kappa shape index (κ2) is 6.28.